The third kappa shape index (κ3) is 3.73. The molecule has 4 rings (SSSR count). The third-order valence-electron chi connectivity index (χ3n) is 4.88. The second-order valence-corrected chi connectivity index (χ2v) is 6.87. The van der Waals surface area contributed by atoms with Gasteiger partial charge in [-0.3, -0.25) is 0 Å². The molecule has 1 fully saturated rings. The molecule has 0 aliphatic heterocycles. The van der Waals surface area contributed by atoms with Crippen LogP contribution >= 0.6 is 0 Å². The number of aryl methyl sites for hydroxylation is 1. The maximum atomic E-state index is 4.67. The van der Waals surface area contributed by atoms with Crippen LogP contribution in [0.15, 0.2) is 30.6 Å². The molecule has 1 aromatic carbocycles. The fraction of sp³-hybridized carbons (Fsp3) is 0.421. The lowest BCUT2D eigenvalue weighted by Crippen LogP contribution is -2.18. The van der Waals surface area contributed by atoms with E-state index in [1.54, 1.807) is 6.33 Å². The highest BCUT2D eigenvalue weighted by atomic mass is 15.2. The highest BCUT2D eigenvalue weighted by Gasteiger charge is 2.15. The van der Waals surface area contributed by atoms with Crippen molar-refractivity contribution >= 4 is 28.6 Å². The number of aromatic amines is 1. The lowest BCUT2D eigenvalue weighted by Gasteiger charge is -2.22. The van der Waals surface area contributed by atoms with Gasteiger partial charge >= 0.3 is 0 Å². The molecule has 1 saturated carbocycles. The Hall–Kier alpha value is -2.63. The normalized spacial score (nSPS) is 15.4. The molecular formula is C19H24N6. The molecule has 2 heterocycles. The number of nitrogens with zero attached hydrogens (tertiary/aromatic N) is 3. The van der Waals surface area contributed by atoms with Crippen LogP contribution in [-0.2, 0) is 0 Å². The van der Waals surface area contributed by atoms with Gasteiger partial charge in [-0.15, -0.1) is 0 Å². The quantitative estimate of drug-likeness (QED) is 0.644. The lowest BCUT2D eigenvalue weighted by atomic mass is 9.89. The van der Waals surface area contributed by atoms with E-state index in [0.717, 1.165) is 29.5 Å². The first-order chi connectivity index (χ1) is 12.3. The molecule has 2 aromatic heterocycles. The number of H-pyrrole nitrogens is 1. The van der Waals surface area contributed by atoms with Crippen LogP contribution in [0.2, 0.25) is 0 Å². The van der Waals surface area contributed by atoms with E-state index in [0.29, 0.717) is 11.6 Å². The SMILES string of the molecule is Cc1ccc(Nc2nc(NCC3CCCCC3)c3[nH]cnc3n2)cc1. The minimum absolute atomic E-state index is 0.564. The summed E-state index contributed by atoms with van der Waals surface area (Å²) in [6.07, 6.45) is 8.34. The van der Waals surface area contributed by atoms with Gasteiger partial charge in [0.15, 0.2) is 11.5 Å². The number of imidazole rings is 1. The van der Waals surface area contributed by atoms with Gasteiger partial charge in [0, 0.05) is 12.2 Å². The number of aromatic nitrogens is 4. The summed E-state index contributed by atoms with van der Waals surface area (Å²) in [4.78, 5) is 16.6. The van der Waals surface area contributed by atoms with E-state index in [9.17, 15) is 0 Å². The minimum atomic E-state index is 0.564. The molecule has 25 heavy (non-hydrogen) atoms. The largest absolute Gasteiger partial charge is 0.368 e. The van der Waals surface area contributed by atoms with Crippen molar-refractivity contribution in [3.63, 3.8) is 0 Å². The lowest BCUT2D eigenvalue weighted by molar-refractivity contribution is 0.373. The van der Waals surface area contributed by atoms with Crippen LogP contribution in [0.4, 0.5) is 17.5 Å². The summed E-state index contributed by atoms with van der Waals surface area (Å²) < 4.78 is 0. The van der Waals surface area contributed by atoms with Crippen molar-refractivity contribution in [3.05, 3.63) is 36.2 Å². The van der Waals surface area contributed by atoms with Crippen molar-refractivity contribution in [2.45, 2.75) is 39.0 Å². The Kier molecular flexibility index (Phi) is 4.50. The van der Waals surface area contributed by atoms with Crippen molar-refractivity contribution in [3.8, 4) is 0 Å². The first-order valence-corrected chi connectivity index (χ1v) is 9.06. The van der Waals surface area contributed by atoms with E-state index in [1.165, 1.54) is 37.7 Å². The first-order valence-electron chi connectivity index (χ1n) is 9.06. The van der Waals surface area contributed by atoms with Crippen LogP contribution in [0.25, 0.3) is 11.2 Å². The molecule has 3 aromatic rings. The highest BCUT2D eigenvalue weighted by molar-refractivity contribution is 5.84. The number of rotatable bonds is 5. The Morgan fingerprint density at radius 1 is 1.08 bits per heavy atom. The molecule has 6 nitrogen and oxygen atoms in total. The van der Waals surface area contributed by atoms with E-state index in [1.807, 2.05) is 12.1 Å². The molecule has 130 valence electrons. The summed E-state index contributed by atoms with van der Waals surface area (Å²) in [5.41, 5.74) is 3.74. The maximum absolute atomic E-state index is 4.67. The second-order valence-electron chi connectivity index (χ2n) is 6.87. The molecule has 1 aliphatic carbocycles. The van der Waals surface area contributed by atoms with Crippen molar-refractivity contribution < 1.29 is 0 Å². The Balaban J connectivity index is 1.54. The Morgan fingerprint density at radius 3 is 2.68 bits per heavy atom. The van der Waals surface area contributed by atoms with Crippen LogP contribution < -0.4 is 10.6 Å². The number of hydrogen-bond donors (Lipinski definition) is 3. The van der Waals surface area contributed by atoms with Gasteiger partial charge in [0.1, 0.15) is 5.52 Å². The van der Waals surface area contributed by atoms with E-state index < -0.39 is 0 Å². The van der Waals surface area contributed by atoms with E-state index in [2.05, 4.69) is 49.6 Å². The maximum Gasteiger partial charge on any atom is 0.231 e. The zero-order chi connectivity index (χ0) is 17.1. The summed E-state index contributed by atoms with van der Waals surface area (Å²) in [5.74, 6) is 2.12. The van der Waals surface area contributed by atoms with E-state index >= 15 is 0 Å². The zero-order valence-corrected chi connectivity index (χ0v) is 14.5. The van der Waals surface area contributed by atoms with E-state index in [4.69, 9.17) is 0 Å². The molecule has 1 aliphatic rings. The van der Waals surface area contributed by atoms with Gasteiger partial charge in [-0.2, -0.15) is 9.97 Å². The molecule has 0 spiro atoms. The monoisotopic (exact) mass is 336 g/mol. The van der Waals surface area contributed by atoms with Gasteiger partial charge < -0.3 is 15.6 Å². The molecule has 6 heteroatoms. The van der Waals surface area contributed by atoms with Crippen LogP contribution in [0.3, 0.4) is 0 Å². The predicted octanol–water partition coefficient (Wildman–Crippen LogP) is 4.40. The minimum Gasteiger partial charge on any atom is -0.368 e. The van der Waals surface area contributed by atoms with E-state index in [-0.39, 0.29) is 0 Å². The van der Waals surface area contributed by atoms with Gasteiger partial charge in [-0.05, 0) is 37.8 Å². The number of hydrogen-bond acceptors (Lipinski definition) is 5. The second kappa shape index (κ2) is 7.09. The Morgan fingerprint density at radius 2 is 1.88 bits per heavy atom. The van der Waals surface area contributed by atoms with Gasteiger partial charge in [-0.1, -0.05) is 37.0 Å². The zero-order valence-electron chi connectivity index (χ0n) is 14.5. The molecule has 0 saturated heterocycles. The van der Waals surface area contributed by atoms with Gasteiger partial charge in [-0.25, -0.2) is 4.98 Å². The van der Waals surface area contributed by atoms with Gasteiger partial charge in [0.2, 0.25) is 5.95 Å². The van der Waals surface area contributed by atoms with Crippen LogP contribution in [0.5, 0.6) is 0 Å². The summed E-state index contributed by atoms with van der Waals surface area (Å²) in [5, 5.41) is 6.79. The molecule has 0 bridgehead atoms. The van der Waals surface area contributed by atoms with Crippen LogP contribution in [-0.4, -0.2) is 26.5 Å². The standard InChI is InChI=1S/C19H24N6/c1-13-7-9-15(10-8-13)23-19-24-17(16-18(25-19)22-12-21-16)20-11-14-5-3-2-4-6-14/h7-10,12,14H,2-6,11H2,1H3,(H3,20,21,22,23,24,25). The number of benzene rings is 1. The number of anilines is 3. The number of fused-ring (bicyclic) bond motifs is 1. The average Bonchev–Trinajstić information content (AvgIpc) is 3.11. The summed E-state index contributed by atoms with van der Waals surface area (Å²) >= 11 is 0. The van der Waals surface area contributed by atoms with Crippen molar-refractivity contribution in [2.75, 3.05) is 17.2 Å². The van der Waals surface area contributed by atoms with Gasteiger partial charge in [0.05, 0.1) is 6.33 Å². The molecule has 0 radical (unpaired) electrons. The molecule has 3 N–H and O–H groups in total. The Bertz CT molecular complexity index is 833. The van der Waals surface area contributed by atoms with Crippen molar-refractivity contribution in [2.24, 2.45) is 5.92 Å². The fourth-order valence-corrected chi connectivity index (χ4v) is 3.42. The summed E-state index contributed by atoms with van der Waals surface area (Å²) in [6.45, 7) is 3.03. The molecular weight excluding hydrogens is 312 g/mol. The number of nitrogens with one attached hydrogen (secondary N) is 3. The van der Waals surface area contributed by atoms with Crippen LogP contribution in [0.1, 0.15) is 37.7 Å². The smallest absolute Gasteiger partial charge is 0.231 e. The molecule has 0 unspecified atom stereocenters. The topological polar surface area (TPSA) is 78.5 Å². The Labute approximate surface area is 147 Å². The van der Waals surface area contributed by atoms with Gasteiger partial charge in [0.25, 0.3) is 0 Å². The average molecular weight is 336 g/mol. The summed E-state index contributed by atoms with van der Waals surface area (Å²) in [7, 11) is 0. The van der Waals surface area contributed by atoms with Crippen molar-refractivity contribution in [1.82, 2.24) is 19.9 Å². The molecule has 0 amide bonds. The fourth-order valence-electron chi connectivity index (χ4n) is 3.42. The van der Waals surface area contributed by atoms with Crippen molar-refractivity contribution in [1.29, 1.82) is 0 Å². The first kappa shape index (κ1) is 15.9. The predicted molar refractivity (Wildman–Crippen MR) is 101 cm³/mol. The molecule has 0 atom stereocenters. The van der Waals surface area contributed by atoms with Crippen LogP contribution in [0, 0.1) is 12.8 Å². The third-order valence-corrected chi connectivity index (χ3v) is 4.88. The highest BCUT2D eigenvalue weighted by Crippen LogP contribution is 2.26. The summed E-state index contributed by atoms with van der Waals surface area (Å²) in [6, 6.07) is 8.19.